The molecule has 1 atom stereocenters. The topological polar surface area (TPSA) is 85.6 Å². The maximum atomic E-state index is 13.4. The Morgan fingerprint density at radius 2 is 1.97 bits per heavy atom. The summed E-state index contributed by atoms with van der Waals surface area (Å²) in [4.78, 5) is 31.5. The van der Waals surface area contributed by atoms with Crippen LogP contribution in [-0.4, -0.2) is 28.3 Å². The van der Waals surface area contributed by atoms with Crippen LogP contribution in [0.4, 0.5) is 10.1 Å². The number of nitriles is 1. The summed E-state index contributed by atoms with van der Waals surface area (Å²) in [5.41, 5.74) is 0.611. The molecule has 0 saturated heterocycles. The lowest BCUT2D eigenvalue weighted by Crippen LogP contribution is -2.47. The first-order valence-electron chi connectivity index (χ1n) is 10.2. The highest BCUT2D eigenvalue weighted by Gasteiger charge is 2.43. The molecule has 1 heterocycles. The quantitative estimate of drug-likeness (QED) is 0.674. The number of hydrogen-bond donors (Lipinski definition) is 1. The van der Waals surface area contributed by atoms with E-state index in [-0.39, 0.29) is 29.2 Å². The second-order valence-electron chi connectivity index (χ2n) is 7.88. The zero-order chi connectivity index (χ0) is 22.7. The predicted octanol–water partition coefficient (Wildman–Crippen LogP) is 4.11. The molecule has 2 aromatic rings. The van der Waals surface area contributed by atoms with E-state index in [1.54, 1.807) is 13.0 Å². The number of rotatable bonds is 6. The number of benzene rings is 2. The van der Waals surface area contributed by atoms with Gasteiger partial charge in [0.2, 0.25) is 5.91 Å². The Kier molecular flexibility index (Phi) is 6.10. The van der Waals surface area contributed by atoms with Gasteiger partial charge in [0.1, 0.15) is 17.1 Å². The third-order valence-electron chi connectivity index (χ3n) is 5.37. The van der Waals surface area contributed by atoms with Gasteiger partial charge < -0.3 is 5.32 Å². The van der Waals surface area contributed by atoms with Crippen LogP contribution in [0.2, 0.25) is 0 Å². The van der Waals surface area contributed by atoms with Gasteiger partial charge in [0.05, 0.1) is 17.5 Å². The van der Waals surface area contributed by atoms with Crippen molar-refractivity contribution in [3.63, 3.8) is 0 Å². The number of nitrogens with zero attached hydrogens (tertiary/aromatic N) is 3. The molecular weight excluding hydrogens is 427 g/mol. The van der Waals surface area contributed by atoms with E-state index in [0.717, 1.165) is 30.2 Å². The van der Waals surface area contributed by atoms with E-state index in [9.17, 15) is 19.2 Å². The summed E-state index contributed by atoms with van der Waals surface area (Å²) >= 11 is 1.10. The minimum atomic E-state index is -0.889. The molecule has 2 amide bonds. The second-order valence-corrected chi connectivity index (χ2v) is 8.82. The summed E-state index contributed by atoms with van der Waals surface area (Å²) in [5, 5.41) is 12.6. The Hall–Kier alpha value is -3.44. The molecule has 2 aliphatic rings. The molecule has 1 aliphatic heterocycles. The van der Waals surface area contributed by atoms with E-state index < -0.39 is 11.4 Å². The molecule has 8 heteroatoms. The molecule has 0 spiro atoms. The number of anilines is 1. The highest BCUT2D eigenvalue weighted by Crippen LogP contribution is 2.39. The van der Waals surface area contributed by atoms with Crippen LogP contribution in [-0.2, 0) is 9.59 Å². The number of carbonyl (C=O) groups excluding carboxylic acids is 2. The Morgan fingerprint density at radius 1 is 1.28 bits per heavy atom. The molecule has 1 N–H and O–H groups in total. The maximum Gasteiger partial charge on any atom is 0.283 e. The van der Waals surface area contributed by atoms with Crippen molar-refractivity contribution in [2.24, 2.45) is 10.9 Å². The van der Waals surface area contributed by atoms with Gasteiger partial charge in [-0.25, -0.2) is 9.38 Å². The first kappa shape index (κ1) is 21.8. The number of aliphatic imine (C=N–C) groups is 1. The van der Waals surface area contributed by atoms with Gasteiger partial charge in [-0.1, -0.05) is 42.1 Å². The number of halogens is 1. The minimum absolute atomic E-state index is 0.00752. The van der Waals surface area contributed by atoms with Crippen molar-refractivity contribution in [1.82, 2.24) is 5.32 Å². The predicted molar refractivity (Wildman–Crippen MR) is 123 cm³/mol. The van der Waals surface area contributed by atoms with Gasteiger partial charge in [-0.3, -0.25) is 14.5 Å². The average Bonchev–Trinajstić information content (AvgIpc) is 3.60. The van der Waals surface area contributed by atoms with E-state index in [4.69, 9.17) is 0 Å². The lowest BCUT2D eigenvalue weighted by atomic mass is 9.98. The van der Waals surface area contributed by atoms with Crippen LogP contribution in [0.3, 0.4) is 0 Å². The highest BCUT2D eigenvalue weighted by molar-refractivity contribution is 8.14. The summed E-state index contributed by atoms with van der Waals surface area (Å²) in [5.74, 6) is -0.916. The van der Waals surface area contributed by atoms with Crippen LogP contribution in [0, 0.1) is 23.1 Å². The Morgan fingerprint density at radius 3 is 2.59 bits per heavy atom. The third kappa shape index (κ3) is 4.73. The van der Waals surface area contributed by atoms with Crippen molar-refractivity contribution in [1.29, 1.82) is 5.26 Å². The molecule has 6 nitrogen and oxygen atoms in total. The molecule has 1 unspecified atom stereocenters. The number of amides is 2. The van der Waals surface area contributed by atoms with Gasteiger partial charge in [-0.2, -0.15) is 5.26 Å². The fourth-order valence-electron chi connectivity index (χ4n) is 3.46. The van der Waals surface area contributed by atoms with Crippen LogP contribution in [0.5, 0.6) is 0 Å². The van der Waals surface area contributed by atoms with Gasteiger partial charge in [0.15, 0.2) is 5.17 Å². The molecule has 0 bridgehead atoms. The van der Waals surface area contributed by atoms with E-state index in [0.29, 0.717) is 10.9 Å². The molecule has 4 rings (SSSR count). The molecule has 32 heavy (non-hydrogen) atoms. The Bertz CT molecular complexity index is 1140. The molecule has 1 saturated carbocycles. The monoisotopic (exact) mass is 448 g/mol. The number of thioether (sulfide) groups is 1. The van der Waals surface area contributed by atoms with Crippen molar-refractivity contribution < 1.29 is 14.0 Å². The fraction of sp³-hybridized carbons (Fsp3) is 0.250. The molecular formula is C24H21FN4O2S. The summed E-state index contributed by atoms with van der Waals surface area (Å²) in [7, 11) is 0. The molecule has 2 aromatic carbocycles. The lowest BCUT2D eigenvalue weighted by molar-refractivity contribution is -0.120. The first-order valence-corrected chi connectivity index (χ1v) is 11.2. The number of hydrogen-bond acceptors (Lipinski definition) is 5. The molecule has 0 radical (unpaired) electrons. The molecule has 1 fully saturated rings. The van der Waals surface area contributed by atoms with E-state index in [1.165, 1.54) is 29.2 Å². The normalized spacial score (nSPS) is 18.8. The summed E-state index contributed by atoms with van der Waals surface area (Å²) < 4.78 is 13.4. The summed E-state index contributed by atoms with van der Waals surface area (Å²) in [6.07, 6.45) is 3.52. The van der Waals surface area contributed by atoms with Crippen LogP contribution in [0.15, 0.2) is 65.3 Å². The number of nitrogens with one attached hydrogen (secondary N) is 1. The maximum absolute atomic E-state index is 13.4. The summed E-state index contributed by atoms with van der Waals surface area (Å²) in [6.45, 7) is 1.73. The van der Waals surface area contributed by atoms with Crippen molar-refractivity contribution >= 4 is 40.5 Å². The fourth-order valence-corrected chi connectivity index (χ4v) is 4.27. The summed E-state index contributed by atoms with van der Waals surface area (Å²) in [6, 6.07) is 17.0. The highest BCUT2D eigenvalue weighted by atomic mass is 32.2. The Labute approximate surface area is 189 Å². The largest absolute Gasteiger partial charge is 0.337 e. The van der Waals surface area contributed by atoms with Crippen molar-refractivity contribution in [3.8, 4) is 6.07 Å². The first-order chi connectivity index (χ1) is 15.4. The third-order valence-corrected chi connectivity index (χ3v) is 6.31. The van der Waals surface area contributed by atoms with Crippen molar-refractivity contribution in [2.45, 2.75) is 25.3 Å². The van der Waals surface area contributed by atoms with Crippen molar-refractivity contribution in [2.75, 3.05) is 10.7 Å². The SMILES string of the molecule is CC(C#N)(NC(=O)CSC1=N/C(=C\c2ccccc2)C(=O)N1c1ccc(F)cc1)C1CC1. The van der Waals surface area contributed by atoms with Gasteiger partial charge >= 0.3 is 0 Å². The van der Waals surface area contributed by atoms with E-state index in [2.05, 4.69) is 16.4 Å². The molecule has 0 aromatic heterocycles. The van der Waals surface area contributed by atoms with Crippen LogP contribution in [0.1, 0.15) is 25.3 Å². The van der Waals surface area contributed by atoms with E-state index in [1.807, 2.05) is 30.3 Å². The Balaban J connectivity index is 1.55. The smallest absolute Gasteiger partial charge is 0.283 e. The average molecular weight is 449 g/mol. The second kappa shape index (κ2) is 8.97. The van der Waals surface area contributed by atoms with Gasteiger partial charge in [0, 0.05) is 0 Å². The minimum Gasteiger partial charge on any atom is -0.337 e. The van der Waals surface area contributed by atoms with Crippen LogP contribution < -0.4 is 10.2 Å². The van der Waals surface area contributed by atoms with Gasteiger partial charge in [-0.15, -0.1) is 0 Å². The molecule has 1 aliphatic carbocycles. The number of amidine groups is 1. The lowest BCUT2D eigenvalue weighted by Gasteiger charge is -2.23. The van der Waals surface area contributed by atoms with Crippen molar-refractivity contribution in [3.05, 3.63) is 71.7 Å². The van der Waals surface area contributed by atoms with Gasteiger partial charge in [-0.05, 0) is 61.6 Å². The molecule has 162 valence electrons. The zero-order valence-electron chi connectivity index (χ0n) is 17.4. The van der Waals surface area contributed by atoms with E-state index >= 15 is 0 Å². The van der Waals surface area contributed by atoms with Crippen LogP contribution in [0.25, 0.3) is 6.08 Å². The van der Waals surface area contributed by atoms with Crippen LogP contribution >= 0.6 is 11.8 Å². The zero-order valence-corrected chi connectivity index (χ0v) is 18.2. The number of carbonyl (C=O) groups is 2. The van der Waals surface area contributed by atoms with Gasteiger partial charge in [0.25, 0.3) is 5.91 Å². The standard InChI is InChI=1S/C24H21FN4O2S/c1-24(15-26,17-7-8-17)28-21(30)14-32-23-27-20(13-16-5-3-2-4-6-16)22(31)29(23)19-11-9-18(25)10-12-19/h2-6,9-13,17H,7-8,14H2,1H3,(H,28,30)/b20-13-.